The van der Waals surface area contributed by atoms with Crippen LogP contribution in [0.5, 0.6) is 0 Å². The predicted octanol–water partition coefficient (Wildman–Crippen LogP) is -0.201. The molecule has 4 nitrogen and oxygen atoms in total. The topological polar surface area (TPSA) is 46.9 Å². The van der Waals surface area contributed by atoms with Crippen molar-refractivity contribution < 1.29 is 4.79 Å². The molecule has 58 valence electrons. The highest BCUT2D eigenvalue weighted by Crippen LogP contribution is 2.05. The highest BCUT2D eigenvalue weighted by Gasteiger charge is 2.11. The third-order valence-corrected chi connectivity index (χ3v) is 1.89. The molecule has 2 heterocycles. The largest absolute Gasteiger partial charge is 0.323 e. The van der Waals surface area contributed by atoms with E-state index in [0.29, 0.717) is 5.69 Å². The van der Waals surface area contributed by atoms with E-state index in [0.717, 1.165) is 31.7 Å². The van der Waals surface area contributed by atoms with Gasteiger partial charge in [-0.3, -0.25) is 4.79 Å². The molecule has 0 bridgehead atoms. The van der Waals surface area contributed by atoms with E-state index in [1.54, 1.807) is 6.20 Å². The minimum absolute atomic E-state index is 0.682. The number of carbonyl (C=O) groups excluding carboxylic acids is 1. The zero-order chi connectivity index (χ0) is 7.68. The summed E-state index contributed by atoms with van der Waals surface area (Å²) in [5.74, 6) is 0.957. The molecule has 1 aliphatic rings. The lowest BCUT2D eigenvalue weighted by molar-refractivity contribution is 0.111. The predicted molar refractivity (Wildman–Crippen MR) is 39.3 cm³/mol. The second kappa shape index (κ2) is 2.47. The van der Waals surface area contributed by atoms with Gasteiger partial charge in [0.2, 0.25) is 0 Å². The Morgan fingerprint density at radius 2 is 2.64 bits per heavy atom. The first-order valence-electron chi connectivity index (χ1n) is 3.62. The van der Waals surface area contributed by atoms with Crippen LogP contribution in [-0.2, 0) is 13.1 Å². The van der Waals surface area contributed by atoms with Crippen LogP contribution in [0.15, 0.2) is 6.20 Å². The number of nitrogens with one attached hydrogen (secondary N) is 1. The van der Waals surface area contributed by atoms with E-state index in [2.05, 4.69) is 10.3 Å². The van der Waals surface area contributed by atoms with E-state index in [9.17, 15) is 4.79 Å². The average Bonchev–Trinajstić information content (AvgIpc) is 2.47. The Kier molecular flexibility index (Phi) is 1.47. The van der Waals surface area contributed by atoms with Crippen LogP contribution < -0.4 is 5.32 Å². The Balaban J connectivity index is 2.45. The number of carbonyl (C=O) groups is 1. The van der Waals surface area contributed by atoms with E-state index in [-0.39, 0.29) is 0 Å². The van der Waals surface area contributed by atoms with E-state index in [4.69, 9.17) is 0 Å². The standard InChI is InChI=1S/C7H9N3O/c11-5-6-3-9-7-4-8-1-2-10(6)7/h3,5,8H,1-2,4H2. The molecule has 0 aromatic carbocycles. The zero-order valence-electron chi connectivity index (χ0n) is 6.08. The fourth-order valence-electron chi connectivity index (χ4n) is 1.31. The molecule has 0 aliphatic carbocycles. The zero-order valence-corrected chi connectivity index (χ0v) is 6.08. The van der Waals surface area contributed by atoms with E-state index in [1.807, 2.05) is 4.57 Å². The highest BCUT2D eigenvalue weighted by atomic mass is 16.1. The highest BCUT2D eigenvalue weighted by molar-refractivity contribution is 5.71. The molecule has 1 N–H and O–H groups in total. The average molecular weight is 151 g/mol. The first-order chi connectivity index (χ1) is 5.42. The van der Waals surface area contributed by atoms with E-state index < -0.39 is 0 Å². The van der Waals surface area contributed by atoms with Crippen molar-refractivity contribution >= 4 is 6.29 Å². The summed E-state index contributed by atoms with van der Waals surface area (Å²) in [6.07, 6.45) is 2.47. The lowest BCUT2D eigenvalue weighted by atomic mass is 10.4. The van der Waals surface area contributed by atoms with Crippen LogP contribution in [0, 0.1) is 0 Å². The molecule has 0 amide bonds. The minimum Gasteiger partial charge on any atom is -0.323 e. The van der Waals surface area contributed by atoms with Gasteiger partial charge in [0.1, 0.15) is 11.5 Å². The Hall–Kier alpha value is -1.16. The van der Waals surface area contributed by atoms with Crippen LogP contribution >= 0.6 is 0 Å². The maximum absolute atomic E-state index is 10.5. The molecule has 0 spiro atoms. The summed E-state index contributed by atoms with van der Waals surface area (Å²) in [5, 5.41) is 3.18. The summed E-state index contributed by atoms with van der Waals surface area (Å²) >= 11 is 0. The van der Waals surface area contributed by atoms with Gasteiger partial charge in [-0.2, -0.15) is 0 Å². The molecule has 0 radical (unpaired) electrons. The fourth-order valence-corrected chi connectivity index (χ4v) is 1.31. The summed E-state index contributed by atoms with van der Waals surface area (Å²) in [6, 6.07) is 0. The quantitative estimate of drug-likeness (QED) is 0.565. The molecule has 11 heavy (non-hydrogen) atoms. The van der Waals surface area contributed by atoms with Crippen LogP contribution in [0.1, 0.15) is 16.3 Å². The van der Waals surface area contributed by atoms with Crippen molar-refractivity contribution in [2.75, 3.05) is 6.54 Å². The molecular weight excluding hydrogens is 142 g/mol. The lowest BCUT2D eigenvalue weighted by Crippen LogP contribution is -2.29. The molecule has 0 unspecified atom stereocenters. The van der Waals surface area contributed by atoms with E-state index >= 15 is 0 Å². The van der Waals surface area contributed by atoms with Crippen molar-refractivity contribution in [3.8, 4) is 0 Å². The Morgan fingerprint density at radius 1 is 1.73 bits per heavy atom. The molecule has 0 fully saturated rings. The van der Waals surface area contributed by atoms with Crippen molar-refractivity contribution in [2.45, 2.75) is 13.1 Å². The van der Waals surface area contributed by atoms with Crippen molar-refractivity contribution in [1.29, 1.82) is 0 Å². The number of nitrogens with zero attached hydrogens (tertiary/aromatic N) is 2. The fraction of sp³-hybridized carbons (Fsp3) is 0.429. The van der Waals surface area contributed by atoms with Gasteiger partial charge in [0, 0.05) is 13.1 Å². The third kappa shape index (κ3) is 0.952. The molecule has 1 aliphatic heterocycles. The Bertz CT molecular complexity index is 279. The number of imidazole rings is 1. The third-order valence-electron chi connectivity index (χ3n) is 1.89. The monoisotopic (exact) mass is 151 g/mol. The van der Waals surface area contributed by atoms with Gasteiger partial charge >= 0.3 is 0 Å². The lowest BCUT2D eigenvalue weighted by Gasteiger charge is -2.15. The second-order valence-electron chi connectivity index (χ2n) is 2.55. The first-order valence-corrected chi connectivity index (χ1v) is 3.62. The van der Waals surface area contributed by atoms with E-state index in [1.165, 1.54) is 0 Å². The molecule has 2 rings (SSSR count). The SMILES string of the molecule is O=Cc1cnc2n1CCNC2. The van der Waals surface area contributed by atoms with Gasteiger partial charge in [-0.15, -0.1) is 0 Å². The van der Waals surface area contributed by atoms with Crippen LogP contribution in [0.3, 0.4) is 0 Å². The van der Waals surface area contributed by atoms with Crippen molar-refractivity contribution in [3.05, 3.63) is 17.7 Å². The number of fused-ring (bicyclic) bond motifs is 1. The van der Waals surface area contributed by atoms with Gasteiger partial charge < -0.3 is 9.88 Å². The van der Waals surface area contributed by atoms with Crippen LogP contribution in [0.4, 0.5) is 0 Å². The van der Waals surface area contributed by atoms with Gasteiger partial charge in [-0.1, -0.05) is 0 Å². The van der Waals surface area contributed by atoms with Gasteiger partial charge in [0.05, 0.1) is 12.7 Å². The van der Waals surface area contributed by atoms with Gasteiger partial charge in [-0.05, 0) is 0 Å². The number of hydrogen-bond acceptors (Lipinski definition) is 3. The summed E-state index contributed by atoms with van der Waals surface area (Å²) < 4.78 is 1.95. The summed E-state index contributed by atoms with van der Waals surface area (Å²) in [4.78, 5) is 14.6. The van der Waals surface area contributed by atoms with Crippen molar-refractivity contribution in [1.82, 2.24) is 14.9 Å². The minimum atomic E-state index is 0.682. The summed E-state index contributed by atoms with van der Waals surface area (Å²) in [7, 11) is 0. The molecule has 1 aromatic rings. The molecule has 4 heteroatoms. The van der Waals surface area contributed by atoms with Crippen LogP contribution in [0.2, 0.25) is 0 Å². The smallest absolute Gasteiger partial charge is 0.168 e. The first kappa shape index (κ1) is 6.54. The normalized spacial score (nSPS) is 16.0. The van der Waals surface area contributed by atoms with Gasteiger partial charge in [0.25, 0.3) is 0 Å². The molecular formula is C7H9N3O. The van der Waals surface area contributed by atoms with Gasteiger partial charge in [-0.25, -0.2) is 4.98 Å². The van der Waals surface area contributed by atoms with Crippen molar-refractivity contribution in [3.63, 3.8) is 0 Å². The Morgan fingerprint density at radius 3 is 3.45 bits per heavy atom. The second-order valence-corrected chi connectivity index (χ2v) is 2.55. The summed E-state index contributed by atoms with van der Waals surface area (Å²) in [6.45, 7) is 2.54. The number of rotatable bonds is 1. The molecule has 0 saturated heterocycles. The maximum atomic E-state index is 10.5. The maximum Gasteiger partial charge on any atom is 0.168 e. The Labute approximate surface area is 64.2 Å². The molecule has 1 aromatic heterocycles. The molecule has 0 atom stereocenters. The van der Waals surface area contributed by atoms with Crippen LogP contribution in [0.25, 0.3) is 0 Å². The number of hydrogen-bond donors (Lipinski definition) is 1. The van der Waals surface area contributed by atoms with Gasteiger partial charge in [0.15, 0.2) is 6.29 Å². The number of aromatic nitrogens is 2. The van der Waals surface area contributed by atoms with Crippen molar-refractivity contribution in [2.24, 2.45) is 0 Å². The van der Waals surface area contributed by atoms with Crippen LogP contribution in [-0.4, -0.2) is 22.4 Å². The molecule has 0 saturated carbocycles. The number of aldehydes is 1. The summed E-state index contributed by atoms with van der Waals surface area (Å²) in [5.41, 5.74) is 0.682.